The number of carbonyl (C=O) groups is 1. The summed E-state index contributed by atoms with van der Waals surface area (Å²) in [6, 6.07) is 2.30. The molecule has 6 nitrogen and oxygen atoms in total. The molecular weight excluding hydrogens is 446 g/mol. The van der Waals surface area contributed by atoms with Crippen molar-refractivity contribution in [3.8, 4) is 17.5 Å². The second-order valence-electron chi connectivity index (χ2n) is 7.91. The van der Waals surface area contributed by atoms with E-state index in [1.165, 1.54) is 27.1 Å². The zero-order valence-corrected chi connectivity index (χ0v) is 20.6. The van der Waals surface area contributed by atoms with Crippen LogP contribution in [-0.4, -0.2) is 26.4 Å². The van der Waals surface area contributed by atoms with Crippen molar-refractivity contribution in [3.05, 3.63) is 31.8 Å². The Morgan fingerprint density at radius 1 is 1.45 bits per heavy atom. The molecule has 0 saturated carbocycles. The van der Waals surface area contributed by atoms with E-state index < -0.39 is 0 Å². The molecule has 0 saturated heterocycles. The monoisotopic (exact) mass is 471 g/mol. The first-order valence-electron chi connectivity index (χ1n) is 10.4. The lowest BCUT2D eigenvalue weighted by molar-refractivity contribution is -0.113. The molecule has 1 aliphatic carbocycles. The third-order valence-electron chi connectivity index (χ3n) is 5.74. The molecule has 0 spiro atoms. The van der Waals surface area contributed by atoms with Gasteiger partial charge in [-0.15, -0.1) is 32.9 Å². The number of carbonyl (C=O) groups excluding carboxylic acids is 1. The number of nitrogens with one attached hydrogen (secondary N) is 1. The zero-order chi connectivity index (χ0) is 22.1. The highest BCUT2D eigenvalue weighted by Crippen LogP contribution is 2.39. The highest BCUT2D eigenvalue weighted by molar-refractivity contribution is 7.99. The van der Waals surface area contributed by atoms with Gasteiger partial charge in [0, 0.05) is 27.7 Å². The van der Waals surface area contributed by atoms with Gasteiger partial charge in [-0.05, 0) is 49.7 Å². The number of anilines is 1. The lowest BCUT2D eigenvalue weighted by atomic mass is 9.89. The first kappa shape index (κ1) is 22.1. The summed E-state index contributed by atoms with van der Waals surface area (Å²) in [7, 11) is 1.93. The van der Waals surface area contributed by atoms with Gasteiger partial charge in [0.2, 0.25) is 5.91 Å². The second kappa shape index (κ2) is 9.15. The third-order valence-corrected chi connectivity index (χ3v) is 8.89. The number of aromatic nitrogens is 3. The summed E-state index contributed by atoms with van der Waals surface area (Å²) in [4.78, 5) is 15.2. The van der Waals surface area contributed by atoms with Crippen LogP contribution >= 0.6 is 34.4 Å². The van der Waals surface area contributed by atoms with E-state index in [1.54, 1.807) is 22.7 Å². The van der Waals surface area contributed by atoms with Crippen molar-refractivity contribution >= 4 is 45.3 Å². The Balaban J connectivity index is 1.45. The van der Waals surface area contributed by atoms with Gasteiger partial charge in [0.25, 0.3) is 0 Å². The maximum absolute atomic E-state index is 12.6. The molecule has 1 amide bonds. The van der Waals surface area contributed by atoms with E-state index in [4.69, 9.17) is 0 Å². The Labute approximate surface area is 194 Å². The summed E-state index contributed by atoms with van der Waals surface area (Å²) in [6.45, 7) is 6.51. The van der Waals surface area contributed by atoms with Crippen molar-refractivity contribution in [2.24, 2.45) is 13.0 Å². The Morgan fingerprint density at radius 2 is 2.26 bits per heavy atom. The number of rotatable bonds is 6. The number of amides is 1. The topological polar surface area (TPSA) is 83.6 Å². The Bertz CT molecular complexity index is 1170. The lowest BCUT2D eigenvalue weighted by Crippen LogP contribution is -2.14. The average molecular weight is 472 g/mol. The maximum atomic E-state index is 12.6. The lowest BCUT2D eigenvalue weighted by Gasteiger charge is -2.17. The Morgan fingerprint density at radius 3 is 3.00 bits per heavy atom. The van der Waals surface area contributed by atoms with Crippen LogP contribution in [0.15, 0.2) is 10.5 Å². The molecule has 1 N–H and O–H groups in total. The van der Waals surface area contributed by atoms with Crippen LogP contribution in [-0.2, 0) is 31.1 Å². The molecule has 162 valence electrons. The molecule has 0 bridgehead atoms. The van der Waals surface area contributed by atoms with E-state index in [0.717, 1.165) is 42.6 Å². The molecule has 0 aliphatic heterocycles. The minimum absolute atomic E-state index is 0.127. The predicted molar refractivity (Wildman–Crippen MR) is 128 cm³/mol. The SMILES string of the molecule is CCc1c(-c2nnc(SCC(=O)Nc3sc4c(c3C#N)CCC(C)C4)n2C)csc1C. The van der Waals surface area contributed by atoms with Gasteiger partial charge in [-0.2, -0.15) is 5.26 Å². The van der Waals surface area contributed by atoms with Crippen molar-refractivity contribution in [1.82, 2.24) is 14.8 Å². The largest absolute Gasteiger partial charge is 0.316 e. The number of thioether (sulfide) groups is 1. The molecule has 0 radical (unpaired) electrons. The third kappa shape index (κ3) is 4.29. The van der Waals surface area contributed by atoms with Gasteiger partial charge in [-0.1, -0.05) is 25.6 Å². The van der Waals surface area contributed by atoms with Crippen LogP contribution in [0, 0.1) is 24.2 Å². The molecule has 31 heavy (non-hydrogen) atoms. The van der Waals surface area contributed by atoms with Crippen molar-refractivity contribution in [1.29, 1.82) is 5.26 Å². The molecular formula is C22H25N5OS3. The van der Waals surface area contributed by atoms with Crippen molar-refractivity contribution in [2.75, 3.05) is 11.1 Å². The van der Waals surface area contributed by atoms with Gasteiger partial charge >= 0.3 is 0 Å². The molecule has 1 unspecified atom stereocenters. The molecule has 3 heterocycles. The molecule has 3 aromatic heterocycles. The summed E-state index contributed by atoms with van der Waals surface area (Å²) in [5.74, 6) is 1.55. The molecule has 9 heteroatoms. The van der Waals surface area contributed by atoms with Crippen LogP contribution in [0.4, 0.5) is 5.00 Å². The zero-order valence-electron chi connectivity index (χ0n) is 18.1. The normalized spacial score (nSPS) is 15.5. The second-order valence-corrected chi connectivity index (χ2v) is 11.0. The van der Waals surface area contributed by atoms with Crippen LogP contribution in [0.3, 0.4) is 0 Å². The number of aryl methyl sites for hydroxylation is 1. The summed E-state index contributed by atoms with van der Waals surface area (Å²) in [6.07, 6.45) is 3.96. The van der Waals surface area contributed by atoms with E-state index in [9.17, 15) is 10.1 Å². The van der Waals surface area contributed by atoms with E-state index in [-0.39, 0.29) is 11.7 Å². The van der Waals surface area contributed by atoms with Gasteiger partial charge < -0.3 is 9.88 Å². The fourth-order valence-corrected chi connectivity index (χ4v) is 7.06. The first-order valence-corrected chi connectivity index (χ1v) is 13.0. The summed E-state index contributed by atoms with van der Waals surface area (Å²) in [5.41, 5.74) is 4.19. The Kier molecular flexibility index (Phi) is 6.51. The van der Waals surface area contributed by atoms with Crippen molar-refractivity contribution in [2.45, 2.75) is 51.6 Å². The van der Waals surface area contributed by atoms with Crippen LogP contribution in [0.2, 0.25) is 0 Å². The van der Waals surface area contributed by atoms with Crippen LogP contribution in [0.25, 0.3) is 11.4 Å². The van der Waals surface area contributed by atoms with Crippen molar-refractivity contribution < 1.29 is 4.79 Å². The first-order chi connectivity index (χ1) is 14.9. The summed E-state index contributed by atoms with van der Waals surface area (Å²) < 4.78 is 1.95. The van der Waals surface area contributed by atoms with E-state index in [1.807, 2.05) is 11.6 Å². The van der Waals surface area contributed by atoms with Gasteiger partial charge in [0.1, 0.15) is 11.1 Å². The number of nitrogens with zero attached hydrogens (tertiary/aromatic N) is 4. The number of hydrogen-bond donors (Lipinski definition) is 1. The minimum Gasteiger partial charge on any atom is -0.316 e. The molecule has 3 aromatic rings. The Hall–Kier alpha value is -2.15. The molecule has 0 fully saturated rings. The minimum atomic E-state index is -0.127. The fraction of sp³-hybridized carbons (Fsp3) is 0.455. The van der Waals surface area contributed by atoms with Gasteiger partial charge in [0.05, 0.1) is 11.3 Å². The van der Waals surface area contributed by atoms with Crippen LogP contribution in [0.5, 0.6) is 0 Å². The van der Waals surface area contributed by atoms with Gasteiger partial charge in [-0.3, -0.25) is 4.79 Å². The van der Waals surface area contributed by atoms with E-state index >= 15 is 0 Å². The average Bonchev–Trinajstić information content (AvgIpc) is 3.40. The van der Waals surface area contributed by atoms with Crippen LogP contribution in [0.1, 0.15) is 46.7 Å². The van der Waals surface area contributed by atoms with E-state index in [2.05, 4.69) is 47.7 Å². The summed E-state index contributed by atoms with van der Waals surface area (Å²) >= 11 is 4.64. The summed E-state index contributed by atoms with van der Waals surface area (Å²) in [5, 5.41) is 24.8. The van der Waals surface area contributed by atoms with Gasteiger partial charge in [0.15, 0.2) is 11.0 Å². The molecule has 0 aromatic carbocycles. The number of nitriles is 1. The smallest absolute Gasteiger partial charge is 0.235 e. The molecule has 1 aliphatic rings. The number of hydrogen-bond acceptors (Lipinski definition) is 7. The predicted octanol–water partition coefficient (Wildman–Crippen LogP) is 5.20. The highest BCUT2D eigenvalue weighted by Gasteiger charge is 2.25. The van der Waals surface area contributed by atoms with Gasteiger partial charge in [-0.25, -0.2) is 0 Å². The maximum Gasteiger partial charge on any atom is 0.235 e. The van der Waals surface area contributed by atoms with Crippen molar-refractivity contribution in [3.63, 3.8) is 0 Å². The molecule has 1 atom stereocenters. The standard InChI is InChI=1S/C22H25N5OS3/c1-5-14-13(3)29-10-17(14)20-25-26-22(27(20)4)30-11-19(28)24-21-16(9-23)15-7-6-12(2)8-18(15)31-21/h10,12H,5-8,11H2,1-4H3,(H,24,28). The fourth-order valence-electron chi connectivity index (χ4n) is 4.03. The highest BCUT2D eigenvalue weighted by atomic mass is 32.2. The number of fused-ring (bicyclic) bond motifs is 1. The quantitative estimate of drug-likeness (QED) is 0.499. The number of thiophene rings is 2. The van der Waals surface area contributed by atoms with E-state index in [0.29, 0.717) is 21.6 Å². The van der Waals surface area contributed by atoms with Crippen LogP contribution < -0.4 is 5.32 Å². The molecule has 4 rings (SSSR count).